The largest absolute Gasteiger partial charge is 0.362 e. The highest BCUT2D eigenvalue weighted by molar-refractivity contribution is 5.79. The highest BCUT2D eigenvalue weighted by Crippen LogP contribution is 2.11. The SMILES string of the molecule is CC(NC(=O)COCC(=O)N1CCCCCC1)c1ccccc1. The summed E-state index contributed by atoms with van der Waals surface area (Å²) in [4.78, 5) is 25.8. The second-order valence-electron chi connectivity index (χ2n) is 5.99. The van der Waals surface area contributed by atoms with E-state index in [0.717, 1.165) is 31.5 Å². The highest BCUT2D eigenvalue weighted by Gasteiger charge is 2.16. The summed E-state index contributed by atoms with van der Waals surface area (Å²) >= 11 is 0. The Bertz CT molecular complexity index is 496. The molecule has 0 radical (unpaired) electrons. The van der Waals surface area contributed by atoms with Crippen molar-refractivity contribution in [2.75, 3.05) is 26.3 Å². The lowest BCUT2D eigenvalue weighted by Gasteiger charge is -2.20. The summed E-state index contributed by atoms with van der Waals surface area (Å²) in [5, 5.41) is 2.87. The molecule has 1 aliphatic heterocycles. The molecule has 1 atom stereocenters. The van der Waals surface area contributed by atoms with E-state index in [-0.39, 0.29) is 31.1 Å². The molecule has 2 rings (SSSR count). The minimum Gasteiger partial charge on any atom is -0.362 e. The third-order valence-corrected chi connectivity index (χ3v) is 4.09. The van der Waals surface area contributed by atoms with E-state index in [1.807, 2.05) is 42.2 Å². The third-order valence-electron chi connectivity index (χ3n) is 4.09. The molecule has 0 aromatic heterocycles. The molecular formula is C18H26N2O3. The van der Waals surface area contributed by atoms with Crippen molar-refractivity contribution in [2.45, 2.75) is 38.6 Å². The van der Waals surface area contributed by atoms with E-state index in [2.05, 4.69) is 5.32 Å². The maximum Gasteiger partial charge on any atom is 0.248 e. The van der Waals surface area contributed by atoms with E-state index in [1.165, 1.54) is 12.8 Å². The fourth-order valence-electron chi connectivity index (χ4n) is 2.75. The second-order valence-corrected chi connectivity index (χ2v) is 5.99. The van der Waals surface area contributed by atoms with Gasteiger partial charge in [-0.15, -0.1) is 0 Å². The van der Waals surface area contributed by atoms with Gasteiger partial charge < -0.3 is 15.0 Å². The van der Waals surface area contributed by atoms with Crippen LogP contribution >= 0.6 is 0 Å². The van der Waals surface area contributed by atoms with Crippen molar-refractivity contribution in [2.24, 2.45) is 0 Å². The van der Waals surface area contributed by atoms with Gasteiger partial charge in [0.2, 0.25) is 11.8 Å². The first-order chi connectivity index (χ1) is 11.2. The van der Waals surface area contributed by atoms with Crippen LogP contribution < -0.4 is 5.32 Å². The Balaban J connectivity index is 1.67. The van der Waals surface area contributed by atoms with Gasteiger partial charge >= 0.3 is 0 Å². The van der Waals surface area contributed by atoms with Gasteiger partial charge in [-0.2, -0.15) is 0 Å². The van der Waals surface area contributed by atoms with E-state index in [9.17, 15) is 9.59 Å². The van der Waals surface area contributed by atoms with Crippen LogP contribution in [0.2, 0.25) is 0 Å². The van der Waals surface area contributed by atoms with Crippen molar-refractivity contribution in [1.29, 1.82) is 0 Å². The average molecular weight is 318 g/mol. The van der Waals surface area contributed by atoms with Gasteiger partial charge in [-0.25, -0.2) is 0 Å². The van der Waals surface area contributed by atoms with Crippen molar-refractivity contribution in [3.8, 4) is 0 Å². The van der Waals surface area contributed by atoms with Crippen LogP contribution in [-0.4, -0.2) is 43.0 Å². The number of hydrogen-bond acceptors (Lipinski definition) is 3. The molecule has 0 saturated carbocycles. The van der Waals surface area contributed by atoms with Crippen LogP contribution in [0.1, 0.15) is 44.2 Å². The predicted octanol–water partition coefficient (Wildman–Crippen LogP) is 2.28. The standard InChI is InChI=1S/C18H26N2O3/c1-15(16-9-5-4-6-10-16)19-17(21)13-23-14-18(22)20-11-7-2-3-8-12-20/h4-6,9-10,15H,2-3,7-8,11-14H2,1H3,(H,19,21). The first-order valence-electron chi connectivity index (χ1n) is 8.36. The molecule has 1 aliphatic rings. The van der Waals surface area contributed by atoms with Crippen LogP contribution in [0.15, 0.2) is 30.3 Å². The van der Waals surface area contributed by atoms with Crippen molar-refractivity contribution in [3.63, 3.8) is 0 Å². The van der Waals surface area contributed by atoms with Crippen LogP contribution in [-0.2, 0) is 14.3 Å². The fourth-order valence-corrected chi connectivity index (χ4v) is 2.75. The van der Waals surface area contributed by atoms with E-state index in [1.54, 1.807) is 0 Å². The number of benzene rings is 1. The summed E-state index contributed by atoms with van der Waals surface area (Å²) in [7, 11) is 0. The number of carbonyl (C=O) groups is 2. The summed E-state index contributed by atoms with van der Waals surface area (Å²) in [5.41, 5.74) is 1.04. The monoisotopic (exact) mass is 318 g/mol. The lowest BCUT2D eigenvalue weighted by Crippen LogP contribution is -2.36. The maximum atomic E-state index is 12.0. The van der Waals surface area contributed by atoms with Gasteiger partial charge in [-0.3, -0.25) is 9.59 Å². The molecule has 1 N–H and O–H groups in total. The minimum absolute atomic E-state index is 0.0178. The minimum atomic E-state index is -0.204. The van der Waals surface area contributed by atoms with Crippen molar-refractivity contribution in [1.82, 2.24) is 10.2 Å². The van der Waals surface area contributed by atoms with Gasteiger partial charge in [0, 0.05) is 13.1 Å². The molecule has 1 unspecified atom stereocenters. The molecule has 1 aromatic carbocycles. The van der Waals surface area contributed by atoms with Crippen LogP contribution in [0.5, 0.6) is 0 Å². The smallest absolute Gasteiger partial charge is 0.248 e. The van der Waals surface area contributed by atoms with Gasteiger partial charge in [0.1, 0.15) is 13.2 Å². The van der Waals surface area contributed by atoms with Gasteiger partial charge in [-0.1, -0.05) is 43.2 Å². The Morgan fingerprint density at radius 2 is 1.74 bits per heavy atom. The quantitative estimate of drug-likeness (QED) is 0.875. The zero-order valence-corrected chi connectivity index (χ0v) is 13.8. The van der Waals surface area contributed by atoms with Crippen LogP contribution in [0.4, 0.5) is 0 Å². The normalized spacial score (nSPS) is 16.5. The molecule has 0 aliphatic carbocycles. The highest BCUT2D eigenvalue weighted by atomic mass is 16.5. The topological polar surface area (TPSA) is 58.6 Å². The molecule has 5 heteroatoms. The molecule has 23 heavy (non-hydrogen) atoms. The number of carbonyl (C=O) groups excluding carboxylic acids is 2. The zero-order valence-electron chi connectivity index (χ0n) is 13.8. The summed E-state index contributed by atoms with van der Waals surface area (Å²) < 4.78 is 5.28. The number of amides is 2. The average Bonchev–Trinajstić information content (AvgIpc) is 2.85. The van der Waals surface area contributed by atoms with E-state index in [4.69, 9.17) is 4.74 Å². The molecule has 5 nitrogen and oxygen atoms in total. The van der Waals surface area contributed by atoms with Crippen LogP contribution in [0, 0.1) is 0 Å². The first-order valence-corrected chi connectivity index (χ1v) is 8.36. The van der Waals surface area contributed by atoms with Gasteiger partial charge in [0.25, 0.3) is 0 Å². The first kappa shape index (κ1) is 17.5. The number of ether oxygens (including phenoxy) is 1. The van der Waals surface area contributed by atoms with Crippen molar-refractivity contribution in [3.05, 3.63) is 35.9 Å². The number of nitrogens with one attached hydrogen (secondary N) is 1. The summed E-state index contributed by atoms with van der Waals surface area (Å²) in [6.45, 7) is 3.43. The predicted molar refractivity (Wildman–Crippen MR) is 88.9 cm³/mol. The summed E-state index contributed by atoms with van der Waals surface area (Å²) in [5.74, 6) is -0.221. The van der Waals surface area contributed by atoms with Gasteiger partial charge in [0.05, 0.1) is 6.04 Å². The summed E-state index contributed by atoms with van der Waals surface area (Å²) in [6.07, 6.45) is 4.48. The molecule has 0 bridgehead atoms. The Morgan fingerprint density at radius 1 is 1.09 bits per heavy atom. The molecule has 0 spiro atoms. The second kappa shape index (κ2) is 9.30. The number of rotatable bonds is 6. The molecule has 1 fully saturated rings. The number of likely N-dealkylation sites (tertiary alicyclic amines) is 1. The van der Waals surface area contributed by atoms with Crippen LogP contribution in [0.3, 0.4) is 0 Å². The van der Waals surface area contributed by atoms with Crippen LogP contribution in [0.25, 0.3) is 0 Å². The van der Waals surface area contributed by atoms with Gasteiger partial charge in [-0.05, 0) is 25.3 Å². The van der Waals surface area contributed by atoms with Crippen molar-refractivity contribution < 1.29 is 14.3 Å². The van der Waals surface area contributed by atoms with Gasteiger partial charge in [0.15, 0.2) is 0 Å². The Kier molecular flexibility index (Phi) is 7.07. The summed E-state index contributed by atoms with van der Waals surface area (Å²) in [6, 6.07) is 9.68. The van der Waals surface area contributed by atoms with E-state index >= 15 is 0 Å². The third kappa shape index (κ3) is 6.02. The Morgan fingerprint density at radius 3 is 2.39 bits per heavy atom. The molecule has 1 aromatic rings. The fraction of sp³-hybridized carbons (Fsp3) is 0.556. The lowest BCUT2D eigenvalue weighted by molar-refractivity contribution is -0.138. The lowest BCUT2D eigenvalue weighted by atomic mass is 10.1. The number of nitrogens with zero attached hydrogens (tertiary/aromatic N) is 1. The number of hydrogen-bond donors (Lipinski definition) is 1. The molecule has 1 saturated heterocycles. The Labute approximate surface area is 138 Å². The van der Waals surface area contributed by atoms with Crippen molar-refractivity contribution >= 4 is 11.8 Å². The molecule has 126 valence electrons. The Hall–Kier alpha value is -1.88. The van der Waals surface area contributed by atoms with E-state index in [0.29, 0.717) is 0 Å². The molecule has 1 heterocycles. The zero-order chi connectivity index (χ0) is 16.5. The molecular weight excluding hydrogens is 292 g/mol. The van der Waals surface area contributed by atoms with E-state index < -0.39 is 0 Å². The maximum absolute atomic E-state index is 12.0. The molecule has 2 amide bonds.